The molecule has 0 aliphatic carbocycles. The fourth-order valence-corrected chi connectivity index (χ4v) is 1.31. The summed E-state index contributed by atoms with van der Waals surface area (Å²) in [5.74, 6) is -14.0. The Labute approximate surface area is 155 Å². The monoisotopic (exact) mass is 442 g/mol. The number of halogens is 8. The van der Waals surface area contributed by atoms with E-state index in [0.717, 1.165) is 0 Å². The molecule has 1 N–H and O–H groups in total. The van der Waals surface area contributed by atoms with Crippen LogP contribution in [0.4, 0.5) is 35.1 Å². The van der Waals surface area contributed by atoms with E-state index in [1.165, 1.54) is 0 Å². The molecule has 0 aromatic heterocycles. The summed E-state index contributed by atoms with van der Waals surface area (Å²) in [5, 5.41) is 9.34. The minimum Gasteiger partial charge on any atom is -0.459 e. The predicted octanol–water partition coefficient (Wildman–Crippen LogP) is 2.53. The zero-order valence-corrected chi connectivity index (χ0v) is 13.8. The van der Waals surface area contributed by atoms with Crippen molar-refractivity contribution < 1.29 is 68.8 Å². The number of carbonyl (C=O) groups is 3. The molecule has 0 spiro atoms. The third kappa shape index (κ3) is 8.28. The van der Waals surface area contributed by atoms with Crippen molar-refractivity contribution in [3.05, 3.63) is 36.0 Å². The van der Waals surface area contributed by atoms with Gasteiger partial charge in [0.2, 0.25) is 5.83 Å². The largest absolute Gasteiger partial charge is 0.459 e. The zero-order chi connectivity index (χ0) is 22.8. The molecule has 29 heavy (non-hydrogen) atoms. The van der Waals surface area contributed by atoms with E-state index in [9.17, 15) is 54.6 Å². The van der Waals surface area contributed by atoms with Gasteiger partial charge in [0.1, 0.15) is 26.2 Å². The van der Waals surface area contributed by atoms with Gasteiger partial charge in [0.05, 0.1) is 12.0 Å². The number of hydrogen-bond donors (Lipinski definition) is 1. The molecular weight excluding hydrogens is 432 g/mol. The van der Waals surface area contributed by atoms with Crippen LogP contribution in [0.2, 0.25) is 0 Å². The van der Waals surface area contributed by atoms with Gasteiger partial charge in [-0.05, 0) is 0 Å². The van der Waals surface area contributed by atoms with E-state index < -0.39 is 85.7 Å². The lowest BCUT2D eigenvalue weighted by molar-refractivity contribution is -0.162. The number of ether oxygens (including phenoxy) is 3. The van der Waals surface area contributed by atoms with Crippen LogP contribution < -0.4 is 0 Å². The molecule has 164 valence electrons. The van der Waals surface area contributed by atoms with E-state index in [1.54, 1.807) is 0 Å². The van der Waals surface area contributed by atoms with Gasteiger partial charge in [0.15, 0.2) is 0 Å². The Kier molecular flexibility index (Phi) is 10.6. The fourth-order valence-electron chi connectivity index (χ4n) is 1.31. The van der Waals surface area contributed by atoms with Gasteiger partial charge in [0, 0.05) is 0 Å². The predicted molar refractivity (Wildman–Crippen MR) is 73.4 cm³/mol. The van der Waals surface area contributed by atoms with E-state index in [2.05, 4.69) is 14.2 Å². The Morgan fingerprint density at radius 3 is 1.34 bits per heavy atom. The first-order chi connectivity index (χ1) is 13.4. The highest BCUT2D eigenvalue weighted by Gasteiger charge is 2.37. The second kappa shape index (κ2) is 11.8. The molecule has 0 saturated carbocycles. The van der Waals surface area contributed by atoms with Crippen LogP contribution in [-0.4, -0.2) is 49.4 Å². The van der Waals surface area contributed by atoms with Crippen LogP contribution >= 0.6 is 0 Å². The van der Waals surface area contributed by atoms with Crippen molar-refractivity contribution in [1.82, 2.24) is 0 Å². The second-order valence-corrected chi connectivity index (χ2v) is 4.99. The lowest BCUT2D eigenvalue weighted by Crippen LogP contribution is -2.42. The maximum Gasteiger partial charge on any atom is 0.372 e. The Bertz CT molecular complexity index is 683. The van der Waals surface area contributed by atoms with Crippen LogP contribution in [0.5, 0.6) is 0 Å². The highest BCUT2D eigenvalue weighted by atomic mass is 19.3. The SMILES string of the molecule is O=C(OCC(CO)(COC(=O)C(F)=C(F)F)COC(=O)/C(F)=C/F)C(F)=C(F)F. The first-order valence-electron chi connectivity index (χ1n) is 6.90. The van der Waals surface area contributed by atoms with E-state index in [1.807, 2.05) is 0 Å². The molecule has 0 aromatic carbocycles. The first-order valence-corrected chi connectivity index (χ1v) is 6.90. The quantitative estimate of drug-likeness (QED) is 0.240. The Morgan fingerprint density at radius 2 is 1.07 bits per heavy atom. The minimum absolute atomic E-state index is 0.836. The second-order valence-electron chi connectivity index (χ2n) is 4.99. The summed E-state index contributed by atoms with van der Waals surface area (Å²) in [5.41, 5.74) is -2.39. The van der Waals surface area contributed by atoms with Crippen LogP contribution in [0.3, 0.4) is 0 Å². The number of aliphatic hydroxyl groups is 1. The van der Waals surface area contributed by atoms with Crippen LogP contribution in [-0.2, 0) is 28.6 Å². The highest BCUT2D eigenvalue weighted by molar-refractivity contribution is 5.87. The average molecular weight is 442 g/mol. The third-order valence-electron chi connectivity index (χ3n) is 2.84. The summed E-state index contributed by atoms with van der Waals surface area (Å²) in [7, 11) is 0. The number of esters is 3. The Balaban J connectivity index is 5.49. The van der Waals surface area contributed by atoms with Crippen LogP contribution in [0.25, 0.3) is 0 Å². The smallest absolute Gasteiger partial charge is 0.372 e. The molecule has 0 aromatic rings. The van der Waals surface area contributed by atoms with Crippen LogP contribution in [0.1, 0.15) is 0 Å². The van der Waals surface area contributed by atoms with Gasteiger partial charge in [-0.3, -0.25) is 0 Å². The van der Waals surface area contributed by atoms with E-state index in [-0.39, 0.29) is 0 Å². The van der Waals surface area contributed by atoms with E-state index >= 15 is 0 Å². The van der Waals surface area contributed by atoms with Gasteiger partial charge in [0.25, 0.3) is 11.7 Å². The number of aliphatic hydroxyl groups excluding tert-OH is 1. The number of carbonyl (C=O) groups excluding carboxylic acids is 3. The molecule has 0 aliphatic heterocycles. The van der Waals surface area contributed by atoms with Crippen molar-refractivity contribution >= 4 is 17.9 Å². The van der Waals surface area contributed by atoms with Crippen molar-refractivity contribution in [3.8, 4) is 0 Å². The van der Waals surface area contributed by atoms with Crippen molar-refractivity contribution in [2.45, 2.75) is 0 Å². The van der Waals surface area contributed by atoms with Gasteiger partial charge in [-0.15, -0.1) is 0 Å². The molecule has 15 heteroatoms. The number of hydrogen-bond acceptors (Lipinski definition) is 7. The standard InChI is InChI=1S/C14H10F8O7/c15-1-6(16)11(24)27-3-14(2-23,4-28-12(25)7(17)9(19)20)5-29-13(26)8(18)10(21)22/h1,23H,2-5H2/b6-1-. The van der Waals surface area contributed by atoms with Gasteiger partial charge in [-0.2, -0.15) is 30.7 Å². The normalized spacial score (nSPS) is 11.4. The molecule has 0 atom stereocenters. The maximum absolute atomic E-state index is 12.8. The third-order valence-corrected chi connectivity index (χ3v) is 2.84. The molecule has 0 fully saturated rings. The highest BCUT2D eigenvalue weighted by Crippen LogP contribution is 2.23. The van der Waals surface area contributed by atoms with E-state index in [4.69, 9.17) is 0 Å². The molecule has 0 saturated heterocycles. The molecule has 0 unspecified atom stereocenters. The van der Waals surface area contributed by atoms with Gasteiger partial charge in [-0.25, -0.2) is 18.8 Å². The van der Waals surface area contributed by atoms with Crippen molar-refractivity contribution in [3.63, 3.8) is 0 Å². The van der Waals surface area contributed by atoms with Crippen molar-refractivity contribution in [2.75, 3.05) is 26.4 Å². The molecule has 0 amide bonds. The van der Waals surface area contributed by atoms with Gasteiger partial charge >= 0.3 is 30.1 Å². The first kappa shape index (κ1) is 26.0. The molecule has 0 bridgehead atoms. The lowest BCUT2D eigenvalue weighted by atomic mass is 9.92. The topological polar surface area (TPSA) is 99.1 Å². The van der Waals surface area contributed by atoms with E-state index in [0.29, 0.717) is 0 Å². The van der Waals surface area contributed by atoms with Crippen molar-refractivity contribution in [1.29, 1.82) is 0 Å². The van der Waals surface area contributed by atoms with Crippen molar-refractivity contribution in [2.24, 2.45) is 5.41 Å². The summed E-state index contributed by atoms with van der Waals surface area (Å²) < 4.78 is 110. The summed E-state index contributed by atoms with van der Waals surface area (Å²) in [6.07, 6.45) is -7.02. The summed E-state index contributed by atoms with van der Waals surface area (Å²) in [4.78, 5) is 33.2. The molecule has 0 rings (SSSR count). The number of rotatable bonds is 10. The molecular formula is C14H10F8O7. The Morgan fingerprint density at radius 1 is 0.724 bits per heavy atom. The summed E-state index contributed by atoms with van der Waals surface area (Å²) in [6, 6.07) is 0. The lowest BCUT2D eigenvalue weighted by Gasteiger charge is -2.29. The fraction of sp³-hybridized carbons (Fsp3) is 0.357. The molecule has 0 heterocycles. The van der Waals surface area contributed by atoms with Crippen LogP contribution in [0.15, 0.2) is 36.0 Å². The van der Waals surface area contributed by atoms with Crippen LogP contribution in [0, 0.1) is 5.41 Å². The Hall–Kier alpha value is -2.97. The molecule has 0 radical (unpaired) electrons. The zero-order valence-electron chi connectivity index (χ0n) is 13.8. The summed E-state index contributed by atoms with van der Waals surface area (Å²) in [6.45, 7) is -5.42. The average Bonchev–Trinajstić information content (AvgIpc) is 2.70. The maximum atomic E-state index is 12.8. The van der Waals surface area contributed by atoms with Gasteiger partial charge in [-0.1, -0.05) is 0 Å². The molecule has 0 aliphatic rings. The molecule has 7 nitrogen and oxygen atoms in total. The summed E-state index contributed by atoms with van der Waals surface area (Å²) >= 11 is 0. The van der Waals surface area contributed by atoms with Gasteiger partial charge < -0.3 is 19.3 Å². The minimum atomic E-state index is -3.09.